The Bertz CT molecular complexity index is 1840. The standard InChI is InChI=1S/C33H42N4O6S2/c1-5-29(34)32(45(41,42)21-25-17-27-11-7-9-13-31(27)36-19-25)15-14-28(37(23-38)43-33(2,3)4)22-44(39,40)20-24-16-26-10-6-8-12-30(26)35-18-24/h6-13,16-19,23,28-29,32H,5,14-15,20-22,34H2,1-4H3/t28-,29-,32?/m0/s1. The molecule has 0 saturated heterocycles. The number of nitrogens with zero attached hydrogens (tertiary/aromatic N) is 3. The number of benzene rings is 2. The number of fused-ring (bicyclic) bond motifs is 2. The summed E-state index contributed by atoms with van der Waals surface area (Å²) in [6, 6.07) is 16.8. The molecule has 2 aromatic carbocycles. The van der Waals surface area contributed by atoms with Gasteiger partial charge in [0.05, 0.1) is 45.2 Å². The van der Waals surface area contributed by atoms with Crippen molar-refractivity contribution in [2.24, 2.45) is 5.73 Å². The average molecular weight is 655 g/mol. The van der Waals surface area contributed by atoms with Gasteiger partial charge in [-0.1, -0.05) is 43.3 Å². The van der Waals surface area contributed by atoms with Gasteiger partial charge in [0.25, 0.3) is 0 Å². The molecule has 0 saturated carbocycles. The maximum Gasteiger partial charge on any atom is 0.233 e. The van der Waals surface area contributed by atoms with Crippen LogP contribution in [-0.4, -0.2) is 67.0 Å². The van der Waals surface area contributed by atoms with Crippen LogP contribution in [0.4, 0.5) is 0 Å². The van der Waals surface area contributed by atoms with E-state index in [9.17, 15) is 21.6 Å². The van der Waals surface area contributed by atoms with Gasteiger partial charge in [0.15, 0.2) is 19.7 Å². The van der Waals surface area contributed by atoms with Gasteiger partial charge in [0, 0.05) is 29.2 Å². The molecule has 4 aromatic rings. The van der Waals surface area contributed by atoms with Gasteiger partial charge in [-0.05, 0) is 75.4 Å². The van der Waals surface area contributed by atoms with Gasteiger partial charge in [-0.15, -0.1) is 0 Å². The Morgan fingerprint density at radius 1 is 0.867 bits per heavy atom. The number of nitrogens with two attached hydrogens (primary N) is 1. The zero-order valence-electron chi connectivity index (χ0n) is 26.2. The van der Waals surface area contributed by atoms with Crippen LogP contribution >= 0.6 is 0 Å². The summed E-state index contributed by atoms with van der Waals surface area (Å²) in [4.78, 5) is 26.8. The molecule has 0 aliphatic carbocycles. The van der Waals surface area contributed by atoms with E-state index in [2.05, 4.69) is 9.97 Å². The van der Waals surface area contributed by atoms with Crippen molar-refractivity contribution < 1.29 is 26.5 Å². The molecular formula is C33H42N4O6S2. The second kappa shape index (κ2) is 14.3. The highest BCUT2D eigenvalue weighted by atomic mass is 32.2. The Kier molecular flexibility index (Phi) is 11.0. The lowest BCUT2D eigenvalue weighted by molar-refractivity contribution is -0.230. The Labute approximate surface area is 265 Å². The van der Waals surface area contributed by atoms with Crippen molar-refractivity contribution in [2.45, 2.75) is 81.4 Å². The normalized spacial score (nSPS) is 14.7. The molecule has 2 aromatic heterocycles. The summed E-state index contributed by atoms with van der Waals surface area (Å²) in [5.41, 5.74) is 8.14. The molecule has 0 spiro atoms. The third kappa shape index (κ3) is 9.52. The highest BCUT2D eigenvalue weighted by Crippen LogP contribution is 2.25. The number of pyridine rings is 2. The van der Waals surface area contributed by atoms with Crippen LogP contribution in [-0.2, 0) is 40.8 Å². The molecule has 1 unspecified atom stereocenters. The number of sulfone groups is 2. The van der Waals surface area contributed by atoms with Gasteiger partial charge in [-0.25, -0.2) is 21.9 Å². The van der Waals surface area contributed by atoms with Crippen LogP contribution in [0.2, 0.25) is 0 Å². The van der Waals surface area contributed by atoms with Crippen molar-refractivity contribution in [3.8, 4) is 0 Å². The Morgan fingerprint density at radius 2 is 1.40 bits per heavy atom. The first-order valence-corrected chi connectivity index (χ1v) is 18.5. The second-order valence-corrected chi connectivity index (χ2v) is 16.8. The number of rotatable bonds is 15. The number of para-hydroxylation sites is 2. The molecule has 0 bridgehead atoms. The zero-order valence-corrected chi connectivity index (χ0v) is 27.8. The van der Waals surface area contributed by atoms with Crippen LogP contribution in [0.5, 0.6) is 0 Å². The lowest BCUT2D eigenvalue weighted by Crippen LogP contribution is -2.46. The lowest BCUT2D eigenvalue weighted by atomic mass is 10.0. The number of aromatic nitrogens is 2. The summed E-state index contributed by atoms with van der Waals surface area (Å²) in [5, 5.41) is 1.67. The summed E-state index contributed by atoms with van der Waals surface area (Å²) < 4.78 is 54.7. The number of hydroxylamine groups is 2. The summed E-state index contributed by atoms with van der Waals surface area (Å²) in [6.07, 6.45) is 4.01. The fraction of sp³-hybridized carbons (Fsp3) is 0.424. The molecule has 0 aliphatic heterocycles. The van der Waals surface area contributed by atoms with E-state index in [0.717, 1.165) is 26.9 Å². The Morgan fingerprint density at radius 3 is 1.91 bits per heavy atom. The van der Waals surface area contributed by atoms with E-state index in [1.54, 1.807) is 39.1 Å². The fourth-order valence-electron chi connectivity index (χ4n) is 5.40. The third-order valence-electron chi connectivity index (χ3n) is 7.53. The summed E-state index contributed by atoms with van der Waals surface area (Å²) in [6.45, 7) is 7.04. The van der Waals surface area contributed by atoms with E-state index in [1.165, 1.54) is 6.20 Å². The van der Waals surface area contributed by atoms with Gasteiger partial charge < -0.3 is 5.73 Å². The van der Waals surface area contributed by atoms with E-state index < -0.39 is 48.4 Å². The van der Waals surface area contributed by atoms with E-state index in [-0.39, 0.29) is 24.3 Å². The van der Waals surface area contributed by atoms with Crippen LogP contribution in [0, 0.1) is 0 Å². The van der Waals surface area contributed by atoms with E-state index in [4.69, 9.17) is 10.6 Å². The largest absolute Gasteiger partial charge is 0.327 e. The average Bonchev–Trinajstić information content (AvgIpc) is 2.98. The molecular weight excluding hydrogens is 613 g/mol. The number of amides is 1. The molecule has 2 heterocycles. The zero-order chi connectivity index (χ0) is 32.8. The predicted octanol–water partition coefficient (Wildman–Crippen LogP) is 4.76. The van der Waals surface area contributed by atoms with Gasteiger partial charge in [-0.3, -0.25) is 19.6 Å². The van der Waals surface area contributed by atoms with Crippen LogP contribution in [0.3, 0.4) is 0 Å². The number of hydrogen-bond acceptors (Lipinski definition) is 9. The fourth-order valence-corrected chi connectivity index (χ4v) is 9.14. The molecule has 0 aliphatic rings. The first-order chi connectivity index (χ1) is 21.2. The summed E-state index contributed by atoms with van der Waals surface area (Å²) >= 11 is 0. The molecule has 2 N–H and O–H groups in total. The van der Waals surface area contributed by atoms with Crippen LogP contribution in [0.1, 0.15) is 58.1 Å². The molecule has 0 fully saturated rings. The van der Waals surface area contributed by atoms with Gasteiger partial charge in [-0.2, -0.15) is 0 Å². The van der Waals surface area contributed by atoms with Crippen molar-refractivity contribution in [3.63, 3.8) is 0 Å². The SMILES string of the molecule is CC[C@H](N)C(CC[C@@H](CS(=O)(=O)Cc1cnc2ccccc2c1)N(C=O)OC(C)(C)C)S(=O)(=O)Cc1cnc2ccccc2c1. The minimum atomic E-state index is -3.80. The first kappa shape index (κ1) is 34.4. The molecule has 242 valence electrons. The first-order valence-electron chi connectivity index (χ1n) is 15.0. The van der Waals surface area contributed by atoms with E-state index >= 15 is 0 Å². The second-order valence-electron chi connectivity index (χ2n) is 12.4. The third-order valence-corrected chi connectivity index (χ3v) is 11.4. The van der Waals surface area contributed by atoms with Gasteiger partial charge >= 0.3 is 0 Å². The van der Waals surface area contributed by atoms with Crippen LogP contribution in [0.15, 0.2) is 73.1 Å². The van der Waals surface area contributed by atoms with E-state index in [1.807, 2.05) is 55.5 Å². The minimum absolute atomic E-state index is 0.0356. The van der Waals surface area contributed by atoms with Crippen LogP contribution < -0.4 is 5.73 Å². The summed E-state index contributed by atoms with van der Waals surface area (Å²) in [7, 11) is -7.60. The quantitative estimate of drug-likeness (QED) is 0.141. The minimum Gasteiger partial charge on any atom is -0.327 e. The molecule has 1 amide bonds. The maximum atomic E-state index is 13.8. The highest BCUT2D eigenvalue weighted by molar-refractivity contribution is 7.91. The van der Waals surface area contributed by atoms with Gasteiger partial charge in [0.2, 0.25) is 6.41 Å². The van der Waals surface area contributed by atoms with Gasteiger partial charge in [0.1, 0.15) is 0 Å². The molecule has 12 heteroatoms. The monoisotopic (exact) mass is 654 g/mol. The Hall–Kier alpha value is -3.45. The van der Waals surface area contributed by atoms with Crippen molar-refractivity contribution in [2.75, 3.05) is 5.75 Å². The maximum absolute atomic E-state index is 13.8. The topological polar surface area (TPSA) is 150 Å². The van der Waals surface area contributed by atoms with Crippen molar-refractivity contribution in [3.05, 3.63) is 84.2 Å². The summed E-state index contributed by atoms with van der Waals surface area (Å²) in [5.74, 6) is -0.997. The molecule has 10 nitrogen and oxygen atoms in total. The number of carbonyl (C=O) groups excluding carboxylic acids is 1. The van der Waals surface area contributed by atoms with Crippen molar-refractivity contribution >= 4 is 47.9 Å². The molecule has 45 heavy (non-hydrogen) atoms. The highest BCUT2D eigenvalue weighted by Gasteiger charge is 2.35. The number of hydrogen-bond donors (Lipinski definition) is 1. The molecule has 4 rings (SSSR count). The smallest absolute Gasteiger partial charge is 0.233 e. The predicted molar refractivity (Wildman–Crippen MR) is 177 cm³/mol. The molecule has 3 atom stereocenters. The van der Waals surface area contributed by atoms with Crippen LogP contribution in [0.25, 0.3) is 21.8 Å². The lowest BCUT2D eigenvalue weighted by Gasteiger charge is -2.34. The van der Waals surface area contributed by atoms with Crippen molar-refractivity contribution in [1.82, 2.24) is 15.0 Å². The van der Waals surface area contributed by atoms with Crippen molar-refractivity contribution in [1.29, 1.82) is 0 Å². The van der Waals surface area contributed by atoms with E-state index in [0.29, 0.717) is 24.0 Å². The molecule has 0 radical (unpaired) electrons. The number of carbonyl (C=O) groups is 1. The Balaban J connectivity index is 1.58.